The number of hydrogen-bond acceptors (Lipinski definition) is 5. The van der Waals surface area contributed by atoms with Crippen LogP contribution in [0.3, 0.4) is 0 Å². The van der Waals surface area contributed by atoms with Crippen LogP contribution >= 0.6 is 0 Å². The molecule has 1 saturated heterocycles. The molecule has 1 aliphatic heterocycles. The lowest BCUT2D eigenvalue weighted by Crippen LogP contribution is -2.49. The summed E-state index contributed by atoms with van der Waals surface area (Å²) in [6, 6.07) is 7.89. The van der Waals surface area contributed by atoms with Gasteiger partial charge in [0.2, 0.25) is 10.0 Å². The summed E-state index contributed by atoms with van der Waals surface area (Å²) in [5, 5.41) is 9.14. The smallest absolute Gasteiger partial charge is 0.243 e. The molecule has 0 atom stereocenters. The fourth-order valence-corrected chi connectivity index (χ4v) is 4.10. The maximum absolute atomic E-state index is 13.3. The average Bonchev–Trinajstić information content (AvgIpc) is 2.64. The molecule has 0 radical (unpaired) electrons. The third-order valence-corrected chi connectivity index (χ3v) is 5.87. The van der Waals surface area contributed by atoms with Gasteiger partial charge in [-0.1, -0.05) is 0 Å². The van der Waals surface area contributed by atoms with Gasteiger partial charge in [0.25, 0.3) is 0 Å². The lowest BCUT2D eigenvalue weighted by molar-refractivity contribution is 0.383. The first kappa shape index (κ1) is 17.3. The van der Waals surface area contributed by atoms with Crippen molar-refractivity contribution in [2.24, 2.45) is 0 Å². The molecule has 25 heavy (non-hydrogen) atoms. The second kappa shape index (κ2) is 6.74. The van der Waals surface area contributed by atoms with Gasteiger partial charge in [0.05, 0.1) is 10.5 Å². The highest BCUT2D eigenvalue weighted by molar-refractivity contribution is 7.89. The second-order valence-corrected chi connectivity index (χ2v) is 7.39. The number of hydrogen-bond donors (Lipinski definition) is 0. The van der Waals surface area contributed by atoms with E-state index in [-0.39, 0.29) is 18.0 Å². The molecule has 0 aliphatic carbocycles. The number of halogens is 2. The average molecular weight is 364 g/mol. The number of nitrogens with zero attached hydrogens (tertiary/aromatic N) is 4. The standard InChI is InChI=1S/C16H14F2N4O2S/c17-14-4-3-13(10-15(14)18)25(23,24)22-8-6-21(7-9-22)16-12(11-19)2-1-5-20-16/h1-5,10H,6-9H2. The summed E-state index contributed by atoms with van der Waals surface area (Å²) in [7, 11) is -3.91. The van der Waals surface area contributed by atoms with Crippen LogP contribution < -0.4 is 4.90 Å². The van der Waals surface area contributed by atoms with E-state index in [0.717, 1.165) is 12.1 Å². The molecule has 9 heteroatoms. The van der Waals surface area contributed by atoms with Gasteiger partial charge >= 0.3 is 0 Å². The first-order valence-electron chi connectivity index (χ1n) is 7.49. The molecule has 130 valence electrons. The van der Waals surface area contributed by atoms with Crippen LogP contribution in [0.25, 0.3) is 0 Å². The number of rotatable bonds is 3. The van der Waals surface area contributed by atoms with Crippen LogP contribution in [-0.4, -0.2) is 43.9 Å². The maximum Gasteiger partial charge on any atom is 0.243 e. The summed E-state index contributed by atoms with van der Waals surface area (Å²) in [6.07, 6.45) is 1.57. The van der Waals surface area contributed by atoms with Crippen molar-refractivity contribution in [3.8, 4) is 6.07 Å². The van der Waals surface area contributed by atoms with E-state index in [2.05, 4.69) is 11.1 Å². The molecule has 0 bridgehead atoms. The van der Waals surface area contributed by atoms with E-state index in [0.29, 0.717) is 30.5 Å². The van der Waals surface area contributed by atoms with Gasteiger partial charge in [0.1, 0.15) is 11.9 Å². The molecule has 0 N–H and O–H groups in total. The zero-order chi connectivity index (χ0) is 18.0. The van der Waals surface area contributed by atoms with Crippen LogP contribution in [-0.2, 0) is 10.0 Å². The molecule has 2 heterocycles. The Balaban J connectivity index is 1.77. The van der Waals surface area contributed by atoms with Gasteiger partial charge in [0, 0.05) is 32.4 Å². The molecule has 1 aromatic carbocycles. The summed E-state index contributed by atoms with van der Waals surface area (Å²) in [5.41, 5.74) is 0.416. The van der Waals surface area contributed by atoms with E-state index < -0.39 is 21.7 Å². The Hall–Kier alpha value is -2.57. The zero-order valence-corrected chi connectivity index (χ0v) is 13.9. The molecule has 6 nitrogen and oxygen atoms in total. The van der Waals surface area contributed by atoms with Gasteiger partial charge in [-0.25, -0.2) is 22.2 Å². The highest BCUT2D eigenvalue weighted by Gasteiger charge is 2.30. The fourth-order valence-electron chi connectivity index (χ4n) is 2.66. The van der Waals surface area contributed by atoms with E-state index in [1.807, 2.05) is 4.90 Å². The Morgan fingerprint density at radius 1 is 1.08 bits per heavy atom. The van der Waals surface area contributed by atoms with Crippen molar-refractivity contribution >= 4 is 15.8 Å². The normalized spacial score (nSPS) is 15.8. The van der Waals surface area contributed by atoms with Crippen molar-refractivity contribution in [1.82, 2.24) is 9.29 Å². The number of nitriles is 1. The fraction of sp³-hybridized carbons (Fsp3) is 0.250. The molecule has 0 amide bonds. The van der Waals surface area contributed by atoms with E-state index in [4.69, 9.17) is 5.26 Å². The molecule has 1 aliphatic rings. The molecule has 3 rings (SSSR count). The van der Waals surface area contributed by atoms with Crippen molar-refractivity contribution in [2.45, 2.75) is 4.90 Å². The summed E-state index contributed by atoms with van der Waals surface area (Å²) < 4.78 is 52.7. The minimum absolute atomic E-state index is 0.156. The topological polar surface area (TPSA) is 77.3 Å². The number of pyridine rings is 1. The van der Waals surface area contributed by atoms with Gasteiger partial charge in [-0.2, -0.15) is 9.57 Å². The molecule has 0 spiro atoms. The zero-order valence-electron chi connectivity index (χ0n) is 13.1. The Labute approximate surface area is 144 Å². The van der Waals surface area contributed by atoms with Crippen LogP contribution in [0.1, 0.15) is 5.56 Å². The van der Waals surface area contributed by atoms with Crippen LogP contribution in [0, 0.1) is 23.0 Å². The van der Waals surface area contributed by atoms with E-state index in [1.54, 1.807) is 18.3 Å². The molecular formula is C16H14F2N4O2S. The number of anilines is 1. The summed E-state index contributed by atoms with van der Waals surface area (Å²) in [4.78, 5) is 5.73. The molecule has 0 saturated carbocycles. The first-order chi connectivity index (χ1) is 11.9. The van der Waals surface area contributed by atoms with Crippen molar-refractivity contribution in [2.75, 3.05) is 31.1 Å². The first-order valence-corrected chi connectivity index (χ1v) is 8.93. The highest BCUT2D eigenvalue weighted by atomic mass is 32.2. The van der Waals surface area contributed by atoms with Crippen molar-refractivity contribution in [1.29, 1.82) is 5.26 Å². The molecule has 1 fully saturated rings. The summed E-state index contributed by atoms with van der Waals surface area (Å²) in [6.45, 7) is 0.995. The van der Waals surface area contributed by atoms with Crippen molar-refractivity contribution in [3.05, 3.63) is 53.7 Å². The quantitative estimate of drug-likeness (QED) is 0.829. The van der Waals surface area contributed by atoms with Gasteiger partial charge in [-0.15, -0.1) is 0 Å². The molecule has 1 aromatic heterocycles. The Morgan fingerprint density at radius 3 is 2.44 bits per heavy atom. The summed E-state index contributed by atoms with van der Waals surface area (Å²) >= 11 is 0. The van der Waals surface area contributed by atoms with Crippen molar-refractivity contribution < 1.29 is 17.2 Å². The number of aromatic nitrogens is 1. The van der Waals surface area contributed by atoms with E-state index in [9.17, 15) is 17.2 Å². The number of benzene rings is 1. The molecule has 2 aromatic rings. The highest BCUT2D eigenvalue weighted by Crippen LogP contribution is 2.23. The predicted octanol–water partition coefficient (Wildman–Crippen LogP) is 1.74. The van der Waals surface area contributed by atoms with Crippen LogP contribution in [0.2, 0.25) is 0 Å². The Morgan fingerprint density at radius 2 is 1.80 bits per heavy atom. The van der Waals surface area contributed by atoms with Gasteiger partial charge in [0.15, 0.2) is 11.6 Å². The molecular weight excluding hydrogens is 350 g/mol. The lowest BCUT2D eigenvalue weighted by atomic mass is 10.2. The largest absolute Gasteiger partial charge is 0.353 e. The summed E-state index contributed by atoms with van der Waals surface area (Å²) in [5.74, 6) is -1.79. The SMILES string of the molecule is N#Cc1cccnc1N1CCN(S(=O)(=O)c2ccc(F)c(F)c2)CC1. The predicted molar refractivity (Wildman–Crippen MR) is 86.3 cm³/mol. The third-order valence-electron chi connectivity index (χ3n) is 3.97. The third kappa shape index (κ3) is 3.31. The minimum Gasteiger partial charge on any atom is -0.353 e. The number of sulfonamides is 1. The van der Waals surface area contributed by atoms with E-state index >= 15 is 0 Å². The monoisotopic (exact) mass is 364 g/mol. The van der Waals surface area contributed by atoms with Crippen LogP contribution in [0.5, 0.6) is 0 Å². The lowest BCUT2D eigenvalue weighted by Gasteiger charge is -2.34. The van der Waals surface area contributed by atoms with Crippen LogP contribution in [0.4, 0.5) is 14.6 Å². The maximum atomic E-state index is 13.3. The minimum atomic E-state index is -3.91. The van der Waals surface area contributed by atoms with Gasteiger partial charge in [-0.3, -0.25) is 0 Å². The van der Waals surface area contributed by atoms with Crippen LogP contribution in [0.15, 0.2) is 41.4 Å². The van der Waals surface area contributed by atoms with Gasteiger partial charge < -0.3 is 4.90 Å². The van der Waals surface area contributed by atoms with Gasteiger partial charge in [-0.05, 0) is 30.3 Å². The molecule has 0 unspecified atom stereocenters. The Bertz CT molecular complexity index is 935. The Kier molecular flexibility index (Phi) is 4.65. The van der Waals surface area contributed by atoms with Crippen molar-refractivity contribution in [3.63, 3.8) is 0 Å². The second-order valence-electron chi connectivity index (χ2n) is 5.45. The van der Waals surface area contributed by atoms with E-state index in [1.165, 1.54) is 4.31 Å². The number of piperazine rings is 1.